The number of carbonyl (C=O) groups excluding carboxylic acids is 2. The zero-order chi connectivity index (χ0) is 35.0. The average molecular weight is 687 g/mol. The van der Waals surface area contributed by atoms with Gasteiger partial charge >= 0.3 is 5.97 Å². The van der Waals surface area contributed by atoms with Crippen LogP contribution in [0.3, 0.4) is 0 Å². The van der Waals surface area contributed by atoms with E-state index in [1.807, 2.05) is 98.7 Å². The molecule has 50 heavy (non-hydrogen) atoms. The van der Waals surface area contributed by atoms with Gasteiger partial charge in [-0.05, 0) is 67.4 Å². The van der Waals surface area contributed by atoms with Gasteiger partial charge in [-0.1, -0.05) is 18.9 Å². The Morgan fingerprint density at radius 2 is 1.50 bits per heavy atom. The number of rotatable bonds is 11. The number of amides is 1. The lowest BCUT2D eigenvalue weighted by Gasteiger charge is -2.37. The maximum absolute atomic E-state index is 13.6. The number of carbonyl (C=O) groups is 2. The second-order valence-corrected chi connectivity index (χ2v) is 14.0. The van der Waals surface area contributed by atoms with Crippen LogP contribution in [0.5, 0.6) is 11.5 Å². The molecule has 254 valence electrons. The summed E-state index contributed by atoms with van der Waals surface area (Å²) in [4.78, 5) is 35.1. The Balaban J connectivity index is 0.998. The van der Waals surface area contributed by atoms with Crippen LogP contribution >= 0.6 is 11.3 Å². The number of unbranched alkanes of at least 4 members (excludes halogenated alkanes) is 3. The van der Waals surface area contributed by atoms with Gasteiger partial charge in [-0.15, -0.1) is 11.3 Å². The van der Waals surface area contributed by atoms with Gasteiger partial charge in [0.1, 0.15) is 17.6 Å². The van der Waals surface area contributed by atoms with E-state index in [9.17, 15) is 9.59 Å². The SMILES string of the molecule is CN(C)c1ccc2c(c1)Oc1cc(N(C)C)ccc1C21OC(=O)c2cc(C(=O)NCCCCCCNc3ccc4nc(C#N)sc4c3)ccc21. The summed E-state index contributed by atoms with van der Waals surface area (Å²) in [6.07, 6.45) is 3.85. The minimum Gasteiger partial charge on any atom is -0.456 e. The number of fused-ring (bicyclic) bond motifs is 7. The first-order chi connectivity index (χ1) is 24.2. The normalized spacial score (nSPS) is 13.5. The summed E-state index contributed by atoms with van der Waals surface area (Å²) >= 11 is 1.40. The highest BCUT2D eigenvalue weighted by molar-refractivity contribution is 7.19. The molecule has 10 nitrogen and oxygen atoms in total. The zero-order valence-corrected chi connectivity index (χ0v) is 29.3. The van der Waals surface area contributed by atoms with E-state index in [0.29, 0.717) is 39.7 Å². The van der Waals surface area contributed by atoms with E-state index in [1.165, 1.54) is 11.3 Å². The number of ether oxygens (including phenoxy) is 2. The molecule has 0 aliphatic carbocycles. The Kier molecular flexibility index (Phi) is 8.80. The summed E-state index contributed by atoms with van der Waals surface area (Å²) in [5.41, 5.74) is 5.53. The third-order valence-corrected chi connectivity index (χ3v) is 10.2. The third-order valence-electron chi connectivity index (χ3n) is 9.27. The standard InChI is InChI=1S/C39H38N6O4S/c1-44(2)26-11-14-30-33(21-26)48-34-22-27(45(3)4)12-15-31(34)39(30)29-13-9-24(19-28(29)38(47)49-39)37(46)42-18-8-6-5-7-17-41-25-10-16-32-35(20-25)50-36(23-40)43-32/h9-16,19-22,41H,5-8,17-18H2,1-4H3,(H,42,46). The lowest BCUT2D eigenvalue weighted by atomic mass is 9.77. The van der Waals surface area contributed by atoms with Crippen molar-refractivity contribution in [1.82, 2.24) is 10.3 Å². The van der Waals surface area contributed by atoms with Gasteiger partial charge in [0, 0.05) is 92.7 Å². The summed E-state index contributed by atoms with van der Waals surface area (Å²) in [7, 11) is 7.87. The lowest BCUT2D eigenvalue weighted by molar-refractivity contribution is 0.0224. The lowest BCUT2D eigenvalue weighted by Crippen LogP contribution is -2.33. The van der Waals surface area contributed by atoms with Crippen molar-refractivity contribution in [2.24, 2.45) is 0 Å². The number of hydrogen-bond acceptors (Lipinski definition) is 10. The highest BCUT2D eigenvalue weighted by atomic mass is 32.1. The number of hydrogen-bond donors (Lipinski definition) is 2. The van der Waals surface area contributed by atoms with E-state index in [-0.39, 0.29) is 5.91 Å². The number of nitriles is 1. The predicted molar refractivity (Wildman–Crippen MR) is 197 cm³/mol. The molecule has 0 radical (unpaired) electrons. The molecule has 11 heteroatoms. The van der Waals surface area contributed by atoms with Gasteiger partial charge in [0.15, 0.2) is 10.6 Å². The summed E-state index contributed by atoms with van der Waals surface area (Å²) in [5, 5.41) is 16.0. The Labute approximate surface area is 295 Å². The minimum absolute atomic E-state index is 0.222. The molecule has 5 aromatic rings. The van der Waals surface area contributed by atoms with Crippen molar-refractivity contribution in [1.29, 1.82) is 5.26 Å². The molecular formula is C39H38N6O4S. The number of aromatic nitrogens is 1. The molecule has 1 aromatic heterocycles. The van der Waals surface area contributed by atoms with E-state index in [0.717, 1.165) is 70.6 Å². The Morgan fingerprint density at radius 1 is 0.840 bits per heavy atom. The molecule has 4 aromatic carbocycles. The topological polar surface area (TPSA) is 120 Å². The first-order valence-electron chi connectivity index (χ1n) is 16.7. The van der Waals surface area contributed by atoms with Crippen LogP contribution in [-0.2, 0) is 10.3 Å². The maximum Gasteiger partial charge on any atom is 0.340 e. The Hall–Kier alpha value is -5.60. The van der Waals surface area contributed by atoms with Gasteiger partial charge in [-0.2, -0.15) is 5.26 Å². The molecule has 7 rings (SSSR count). The molecule has 3 heterocycles. The first kappa shape index (κ1) is 32.9. The fraction of sp³-hybridized carbons (Fsp3) is 0.282. The molecule has 0 saturated carbocycles. The van der Waals surface area contributed by atoms with E-state index < -0.39 is 11.6 Å². The highest BCUT2D eigenvalue weighted by Crippen LogP contribution is 2.57. The average Bonchev–Trinajstić information content (AvgIpc) is 3.66. The molecule has 0 bridgehead atoms. The Bertz CT molecular complexity index is 2110. The van der Waals surface area contributed by atoms with Crippen LogP contribution in [0.25, 0.3) is 10.2 Å². The molecule has 0 unspecified atom stereocenters. The van der Waals surface area contributed by atoms with Gasteiger partial charge in [-0.3, -0.25) is 4.79 Å². The van der Waals surface area contributed by atoms with Crippen molar-refractivity contribution in [2.75, 3.05) is 56.4 Å². The van der Waals surface area contributed by atoms with Crippen LogP contribution in [0.1, 0.15) is 68.1 Å². The molecule has 2 aliphatic rings. The molecule has 2 aliphatic heterocycles. The van der Waals surface area contributed by atoms with Crippen molar-refractivity contribution in [3.8, 4) is 17.6 Å². The number of esters is 1. The van der Waals surface area contributed by atoms with E-state index in [1.54, 1.807) is 12.1 Å². The summed E-state index contributed by atoms with van der Waals surface area (Å²) in [6, 6.07) is 25.1. The van der Waals surface area contributed by atoms with Crippen molar-refractivity contribution in [3.05, 3.63) is 106 Å². The van der Waals surface area contributed by atoms with E-state index >= 15 is 0 Å². The smallest absolute Gasteiger partial charge is 0.340 e. The number of benzene rings is 4. The Morgan fingerprint density at radius 3 is 2.16 bits per heavy atom. The second-order valence-electron chi connectivity index (χ2n) is 13.0. The van der Waals surface area contributed by atoms with Crippen LogP contribution < -0.4 is 25.2 Å². The summed E-state index contributed by atoms with van der Waals surface area (Å²) in [5.74, 6) is 0.533. The molecule has 0 atom stereocenters. The number of nitrogens with zero attached hydrogens (tertiary/aromatic N) is 4. The van der Waals surface area contributed by atoms with E-state index in [2.05, 4.69) is 21.7 Å². The summed E-state index contributed by atoms with van der Waals surface area (Å²) < 4.78 is 13.8. The quantitative estimate of drug-likeness (QED) is 0.109. The molecular weight excluding hydrogens is 649 g/mol. The molecule has 1 amide bonds. The zero-order valence-electron chi connectivity index (χ0n) is 28.5. The van der Waals surface area contributed by atoms with Crippen LogP contribution in [0.2, 0.25) is 0 Å². The van der Waals surface area contributed by atoms with E-state index in [4.69, 9.17) is 14.7 Å². The van der Waals surface area contributed by atoms with Crippen molar-refractivity contribution in [3.63, 3.8) is 0 Å². The molecule has 0 fully saturated rings. The van der Waals surface area contributed by atoms with Crippen molar-refractivity contribution >= 4 is 50.5 Å². The van der Waals surface area contributed by atoms with Crippen molar-refractivity contribution in [2.45, 2.75) is 31.3 Å². The molecule has 1 spiro atoms. The minimum atomic E-state index is -1.20. The third kappa shape index (κ3) is 5.96. The van der Waals surface area contributed by atoms with Gasteiger partial charge in [0.25, 0.3) is 5.91 Å². The molecule has 0 saturated heterocycles. The number of anilines is 3. The number of nitrogens with one attached hydrogen (secondary N) is 2. The van der Waals surface area contributed by atoms with Crippen LogP contribution in [0.4, 0.5) is 17.1 Å². The predicted octanol–water partition coefficient (Wildman–Crippen LogP) is 7.27. The van der Waals surface area contributed by atoms with Gasteiger partial charge in [-0.25, -0.2) is 9.78 Å². The van der Waals surface area contributed by atoms with Crippen LogP contribution in [0.15, 0.2) is 72.8 Å². The monoisotopic (exact) mass is 686 g/mol. The van der Waals surface area contributed by atoms with Crippen molar-refractivity contribution < 1.29 is 19.1 Å². The second kappa shape index (κ2) is 13.4. The fourth-order valence-corrected chi connectivity index (χ4v) is 7.43. The van der Waals surface area contributed by atoms with Gasteiger partial charge < -0.3 is 29.9 Å². The number of thiazole rings is 1. The van der Waals surface area contributed by atoms with Gasteiger partial charge in [0.2, 0.25) is 0 Å². The van der Waals surface area contributed by atoms with Crippen LogP contribution in [0, 0.1) is 11.3 Å². The first-order valence-corrected chi connectivity index (χ1v) is 17.5. The molecule has 2 N–H and O–H groups in total. The fourth-order valence-electron chi connectivity index (χ4n) is 6.63. The highest BCUT2D eigenvalue weighted by Gasteiger charge is 2.53. The van der Waals surface area contributed by atoms with Crippen LogP contribution in [-0.4, -0.2) is 58.1 Å². The van der Waals surface area contributed by atoms with Gasteiger partial charge in [0.05, 0.1) is 15.8 Å². The summed E-state index contributed by atoms with van der Waals surface area (Å²) in [6.45, 7) is 1.38. The largest absolute Gasteiger partial charge is 0.456 e. The maximum atomic E-state index is 13.6.